The number of rotatable bonds is 7. The Bertz CT molecular complexity index is 453. The van der Waals surface area contributed by atoms with E-state index >= 15 is 0 Å². The highest BCUT2D eigenvalue weighted by Crippen LogP contribution is 2.13. The molecule has 5 heteroatoms. The largest absolute Gasteiger partial charge is 0.497 e. The van der Waals surface area contributed by atoms with E-state index in [9.17, 15) is 9.59 Å². The van der Waals surface area contributed by atoms with Crippen LogP contribution < -0.4 is 10.1 Å². The predicted molar refractivity (Wildman–Crippen MR) is 75.9 cm³/mol. The Morgan fingerprint density at radius 2 is 1.85 bits per heavy atom. The minimum Gasteiger partial charge on any atom is -0.497 e. The molecule has 0 fully saturated rings. The summed E-state index contributed by atoms with van der Waals surface area (Å²) < 4.78 is 5.01. The molecule has 5 nitrogen and oxygen atoms in total. The zero-order valence-corrected chi connectivity index (χ0v) is 12.1. The Kier molecular flexibility index (Phi) is 6.03. The van der Waals surface area contributed by atoms with Gasteiger partial charge in [0.25, 0.3) is 5.91 Å². The van der Waals surface area contributed by atoms with Gasteiger partial charge in [0, 0.05) is 12.1 Å². The number of benzene rings is 1. The molecule has 0 bridgehead atoms. The second-order valence-corrected chi connectivity index (χ2v) is 5.10. The lowest BCUT2D eigenvalue weighted by molar-refractivity contribution is -0.142. The first kappa shape index (κ1) is 16.0. The van der Waals surface area contributed by atoms with Gasteiger partial charge in [-0.05, 0) is 36.6 Å². The molecular formula is C15H21NO4. The molecule has 0 radical (unpaired) electrons. The van der Waals surface area contributed by atoms with E-state index in [1.54, 1.807) is 31.4 Å². The molecule has 0 aromatic heterocycles. The average molecular weight is 279 g/mol. The Morgan fingerprint density at radius 1 is 1.25 bits per heavy atom. The first-order valence-corrected chi connectivity index (χ1v) is 6.59. The standard InChI is InChI=1S/C15H21NO4/c1-10(2)8-12(15(18)19)9-16-14(17)11-4-6-13(20-3)7-5-11/h4-7,10,12H,8-9H2,1-3H3,(H,16,17)(H,18,19)/t12-/m0/s1. The molecule has 1 amide bonds. The second-order valence-electron chi connectivity index (χ2n) is 5.10. The van der Waals surface area contributed by atoms with Gasteiger partial charge in [-0.2, -0.15) is 0 Å². The van der Waals surface area contributed by atoms with Crippen LogP contribution in [0.1, 0.15) is 30.6 Å². The van der Waals surface area contributed by atoms with E-state index in [1.807, 2.05) is 13.8 Å². The first-order valence-electron chi connectivity index (χ1n) is 6.59. The van der Waals surface area contributed by atoms with Crippen molar-refractivity contribution in [2.75, 3.05) is 13.7 Å². The number of aliphatic carboxylic acids is 1. The molecule has 0 unspecified atom stereocenters. The molecule has 1 aromatic carbocycles. The van der Waals surface area contributed by atoms with Gasteiger partial charge in [-0.1, -0.05) is 13.8 Å². The minimum absolute atomic E-state index is 0.137. The van der Waals surface area contributed by atoms with Gasteiger partial charge in [0.05, 0.1) is 13.0 Å². The molecule has 20 heavy (non-hydrogen) atoms. The second kappa shape index (κ2) is 7.53. The molecule has 0 aliphatic rings. The molecule has 2 N–H and O–H groups in total. The number of carboxylic acid groups (broad SMARTS) is 1. The first-order chi connectivity index (χ1) is 9.43. The van der Waals surface area contributed by atoms with E-state index in [4.69, 9.17) is 9.84 Å². The highest BCUT2D eigenvalue weighted by molar-refractivity contribution is 5.94. The van der Waals surface area contributed by atoms with Gasteiger partial charge < -0.3 is 15.2 Å². The average Bonchev–Trinajstić information content (AvgIpc) is 2.42. The fourth-order valence-electron chi connectivity index (χ4n) is 1.90. The van der Waals surface area contributed by atoms with Crippen molar-refractivity contribution in [1.82, 2.24) is 5.32 Å². The molecule has 1 rings (SSSR count). The summed E-state index contributed by atoms with van der Waals surface area (Å²) >= 11 is 0. The highest BCUT2D eigenvalue weighted by Gasteiger charge is 2.19. The van der Waals surface area contributed by atoms with Crippen LogP contribution in [-0.2, 0) is 4.79 Å². The van der Waals surface area contributed by atoms with Gasteiger partial charge in [0.1, 0.15) is 5.75 Å². The van der Waals surface area contributed by atoms with Crippen molar-refractivity contribution >= 4 is 11.9 Å². The van der Waals surface area contributed by atoms with Crippen molar-refractivity contribution in [3.63, 3.8) is 0 Å². The summed E-state index contributed by atoms with van der Waals surface area (Å²) in [6.07, 6.45) is 0.540. The van der Waals surface area contributed by atoms with Crippen molar-refractivity contribution in [2.24, 2.45) is 11.8 Å². The number of carbonyl (C=O) groups is 2. The number of ether oxygens (including phenoxy) is 1. The van der Waals surface area contributed by atoms with Crippen LogP contribution in [-0.4, -0.2) is 30.6 Å². The highest BCUT2D eigenvalue weighted by atomic mass is 16.5. The van der Waals surface area contributed by atoms with Crippen LogP contribution in [0.5, 0.6) is 5.75 Å². The lowest BCUT2D eigenvalue weighted by Crippen LogP contribution is -2.33. The molecular weight excluding hydrogens is 258 g/mol. The van der Waals surface area contributed by atoms with Gasteiger partial charge in [-0.3, -0.25) is 9.59 Å². The van der Waals surface area contributed by atoms with Gasteiger partial charge in [0.15, 0.2) is 0 Å². The maximum atomic E-state index is 11.9. The summed E-state index contributed by atoms with van der Waals surface area (Å²) in [5, 5.41) is 11.8. The van der Waals surface area contributed by atoms with Gasteiger partial charge in [0.2, 0.25) is 0 Å². The molecule has 0 aliphatic carbocycles. The number of carbonyl (C=O) groups excluding carboxylic acids is 1. The molecule has 1 aromatic rings. The minimum atomic E-state index is -0.881. The smallest absolute Gasteiger partial charge is 0.308 e. The molecule has 0 aliphatic heterocycles. The van der Waals surface area contributed by atoms with E-state index in [0.29, 0.717) is 17.7 Å². The summed E-state index contributed by atoms with van der Waals surface area (Å²) in [5.74, 6) is -0.771. The monoisotopic (exact) mass is 279 g/mol. The van der Waals surface area contributed by atoms with Crippen molar-refractivity contribution in [3.8, 4) is 5.75 Å². The molecule has 110 valence electrons. The van der Waals surface area contributed by atoms with E-state index < -0.39 is 11.9 Å². The maximum Gasteiger partial charge on any atom is 0.308 e. The molecule has 0 spiro atoms. The third kappa shape index (κ3) is 4.91. The van der Waals surface area contributed by atoms with Crippen LogP contribution >= 0.6 is 0 Å². The van der Waals surface area contributed by atoms with E-state index in [-0.39, 0.29) is 18.4 Å². The summed E-state index contributed by atoms with van der Waals surface area (Å²) in [4.78, 5) is 23.0. The van der Waals surface area contributed by atoms with E-state index in [1.165, 1.54) is 0 Å². The number of amides is 1. The Morgan fingerprint density at radius 3 is 2.30 bits per heavy atom. The SMILES string of the molecule is COc1ccc(C(=O)NC[C@H](CC(C)C)C(=O)O)cc1. The Hall–Kier alpha value is -2.04. The third-order valence-electron chi connectivity index (χ3n) is 2.97. The zero-order chi connectivity index (χ0) is 15.1. The topological polar surface area (TPSA) is 75.6 Å². The fraction of sp³-hybridized carbons (Fsp3) is 0.467. The number of nitrogens with one attached hydrogen (secondary N) is 1. The Labute approximate surface area is 118 Å². The third-order valence-corrected chi connectivity index (χ3v) is 2.97. The van der Waals surface area contributed by atoms with Crippen molar-refractivity contribution in [2.45, 2.75) is 20.3 Å². The summed E-state index contributed by atoms with van der Waals surface area (Å²) in [7, 11) is 1.55. The van der Waals surface area contributed by atoms with Crippen LogP contribution in [0.2, 0.25) is 0 Å². The number of hydrogen-bond acceptors (Lipinski definition) is 3. The normalized spacial score (nSPS) is 12.0. The van der Waals surface area contributed by atoms with Gasteiger partial charge in [-0.25, -0.2) is 0 Å². The maximum absolute atomic E-state index is 11.9. The van der Waals surface area contributed by atoms with Gasteiger partial charge in [-0.15, -0.1) is 0 Å². The van der Waals surface area contributed by atoms with Crippen molar-refractivity contribution in [3.05, 3.63) is 29.8 Å². The van der Waals surface area contributed by atoms with Crippen LogP contribution in [0.3, 0.4) is 0 Å². The number of hydrogen-bond donors (Lipinski definition) is 2. The summed E-state index contributed by atoms with van der Waals surface area (Å²) in [6, 6.07) is 6.67. The van der Waals surface area contributed by atoms with Crippen LogP contribution in [0, 0.1) is 11.8 Å². The molecule has 1 atom stereocenters. The lowest BCUT2D eigenvalue weighted by atomic mass is 9.97. The van der Waals surface area contributed by atoms with E-state index in [0.717, 1.165) is 0 Å². The molecule has 0 heterocycles. The molecule has 0 saturated carbocycles. The van der Waals surface area contributed by atoms with Crippen LogP contribution in [0.15, 0.2) is 24.3 Å². The fourth-order valence-corrected chi connectivity index (χ4v) is 1.90. The van der Waals surface area contributed by atoms with Crippen LogP contribution in [0.25, 0.3) is 0 Å². The quantitative estimate of drug-likeness (QED) is 0.802. The Balaban J connectivity index is 2.58. The van der Waals surface area contributed by atoms with Crippen molar-refractivity contribution < 1.29 is 19.4 Å². The lowest BCUT2D eigenvalue weighted by Gasteiger charge is -2.15. The predicted octanol–water partition coefficient (Wildman–Crippen LogP) is 2.17. The number of carboxylic acids is 1. The van der Waals surface area contributed by atoms with E-state index in [2.05, 4.69) is 5.32 Å². The van der Waals surface area contributed by atoms with Crippen molar-refractivity contribution in [1.29, 1.82) is 0 Å². The zero-order valence-electron chi connectivity index (χ0n) is 12.1. The van der Waals surface area contributed by atoms with Gasteiger partial charge >= 0.3 is 5.97 Å². The summed E-state index contributed by atoms with van der Waals surface area (Å²) in [6.45, 7) is 4.06. The molecule has 0 saturated heterocycles. The van der Waals surface area contributed by atoms with Crippen LogP contribution in [0.4, 0.5) is 0 Å². The summed E-state index contributed by atoms with van der Waals surface area (Å²) in [5.41, 5.74) is 0.486. The number of methoxy groups -OCH3 is 1.